The molecule has 0 aliphatic rings. The third-order valence-corrected chi connectivity index (χ3v) is 2.23. The molecule has 0 aliphatic heterocycles. The Hall–Kier alpha value is -1.56. The molecule has 0 fully saturated rings. The van der Waals surface area contributed by atoms with Crippen LogP contribution >= 0.6 is 0 Å². The van der Waals surface area contributed by atoms with Gasteiger partial charge in [-0.2, -0.15) is 0 Å². The topological polar surface area (TPSA) is 87.7 Å². The van der Waals surface area contributed by atoms with E-state index in [4.69, 9.17) is 9.84 Å². The Kier molecular flexibility index (Phi) is 8.65. The van der Waals surface area contributed by atoms with Crippen LogP contribution in [-0.2, 0) is 9.53 Å². The smallest absolute Gasteiger partial charge is 0.314 e. The van der Waals surface area contributed by atoms with Crippen molar-refractivity contribution in [1.29, 1.82) is 0 Å². The van der Waals surface area contributed by atoms with Gasteiger partial charge >= 0.3 is 12.0 Å². The van der Waals surface area contributed by atoms with Gasteiger partial charge < -0.3 is 20.5 Å². The molecule has 104 valence electrons. The van der Waals surface area contributed by atoms with Gasteiger partial charge in [0.25, 0.3) is 0 Å². The first-order valence-corrected chi connectivity index (χ1v) is 5.94. The molecule has 2 amide bonds. The molecule has 18 heavy (non-hydrogen) atoms. The average molecular weight is 258 g/mol. The van der Waals surface area contributed by atoms with Crippen molar-refractivity contribution in [3.8, 4) is 0 Å². The summed E-state index contributed by atoms with van der Waals surface area (Å²) < 4.78 is 5.19. The molecule has 0 aromatic carbocycles. The van der Waals surface area contributed by atoms with Gasteiger partial charge in [0.2, 0.25) is 0 Å². The van der Waals surface area contributed by atoms with Crippen molar-refractivity contribution in [3.63, 3.8) is 0 Å². The Morgan fingerprint density at radius 3 is 2.56 bits per heavy atom. The van der Waals surface area contributed by atoms with Crippen LogP contribution in [0.2, 0.25) is 0 Å². The maximum absolute atomic E-state index is 11.3. The molecule has 0 saturated heterocycles. The summed E-state index contributed by atoms with van der Waals surface area (Å²) in [6.07, 6.45) is 0.483. The van der Waals surface area contributed by atoms with E-state index in [9.17, 15) is 9.59 Å². The molecule has 6 nitrogen and oxygen atoms in total. The largest absolute Gasteiger partial charge is 0.481 e. The maximum Gasteiger partial charge on any atom is 0.314 e. The lowest BCUT2D eigenvalue weighted by Gasteiger charge is -2.12. The fraction of sp³-hybridized carbons (Fsp3) is 0.667. The third kappa shape index (κ3) is 8.58. The minimum Gasteiger partial charge on any atom is -0.481 e. The van der Waals surface area contributed by atoms with E-state index in [-0.39, 0.29) is 12.6 Å². The van der Waals surface area contributed by atoms with E-state index in [2.05, 4.69) is 17.2 Å². The molecule has 0 radical (unpaired) electrons. The van der Waals surface area contributed by atoms with Gasteiger partial charge in [-0.3, -0.25) is 4.79 Å². The van der Waals surface area contributed by atoms with E-state index in [1.807, 2.05) is 6.92 Å². The fourth-order valence-electron chi connectivity index (χ4n) is 1.17. The molecule has 6 heteroatoms. The number of carboxylic acids is 1. The lowest BCUT2D eigenvalue weighted by molar-refractivity contribution is -0.141. The molecule has 0 aliphatic carbocycles. The van der Waals surface area contributed by atoms with E-state index in [0.29, 0.717) is 26.2 Å². The minimum absolute atomic E-state index is 0.129. The number of nitrogens with one attached hydrogen (secondary N) is 2. The zero-order chi connectivity index (χ0) is 14.0. The predicted octanol–water partition coefficient (Wildman–Crippen LogP) is 0.989. The van der Waals surface area contributed by atoms with Gasteiger partial charge in [-0.1, -0.05) is 19.1 Å². The van der Waals surface area contributed by atoms with Gasteiger partial charge in [-0.15, -0.1) is 0 Å². The SMILES string of the molecule is C=C(C)COCCNC(=O)NCC(CC)C(=O)O. The molecule has 0 aromatic heterocycles. The van der Waals surface area contributed by atoms with Crippen molar-refractivity contribution in [2.24, 2.45) is 5.92 Å². The highest BCUT2D eigenvalue weighted by molar-refractivity contribution is 5.75. The number of amides is 2. The summed E-state index contributed by atoms with van der Waals surface area (Å²) in [6, 6.07) is -0.381. The Labute approximate surface area is 107 Å². The minimum atomic E-state index is -0.900. The first-order valence-electron chi connectivity index (χ1n) is 5.94. The van der Waals surface area contributed by atoms with Crippen LogP contribution < -0.4 is 10.6 Å². The van der Waals surface area contributed by atoms with Crippen LogP contribution in [-0.4, -0.2) is 43.4 Å². The molecule has 0 heterocycles. The van der Waals surface area contributed by atoms with Gasteiger partial charge in [-0.25, -0.2) is 4.79 Å². The normalized spacial score (nSPS) is 11.7. The number of ether oxygens (including phenoxy) is 1. The van der Waals surface area contributed by atoms with E-state index in [0.717, 1.165) is 5.57 Å². The number of urea groups is 1. The quantitative estimate of drug-likeness (QED) is 0.425. The molecule has 3 N–H and O–H groups in total. The number of carbonyl (C=O) groups excluding carboxylic acids is 1. The van der Waals surface area contributed by atoms with Gasteiger partial charge in [0.05, 0.1) is 19.1 Å². The third-order valence-electron chi connectivity index (χ3n) is 2.23. The monoisotopic (exact) mass is 258 g/mol. The van der Waals surface area contributed by atoms with Crippen LogP contribution in [0.5, 0.6) is 0 Å². The second-order valence-corrected chi connectivity index (χ2v) is 4.09. The molecule has 0 rings (SSSR count). The molecule has 0 bridgehead atoms. The van der Waals surface area contributed by atoms with Crippen LogP contribution in [0, 0.1) is 5.92 Å². The van der Waals surface area contributed by atoms with Crippen LogP contribution in [0.15, 0.2) is 12.2 Å². The summed E-state index contributed by atoms with van der Waals surface area (Å²) in [7, 11) is 0. The first kappa shape index (κ1) is 16.4. The molecule has 0 spiro atoms. The molecular formula is C12H22N2O4. The van der Waals surface area contributed by atoms with Gasteiger partial charge in [0.15, 0.2) is 0 Å². The zero-order valence-corrected chi connectivity index (χ0v) is 11.0. The van der Waals surface area contributed by atoms with Crippen molar-refractivity contribution in [3.05, 3.63) is 12.2 Å². The lowest BCUT2D eigenvalue weighted by Crippen LogP contribution is -2.41. The van der Waals surface area contributed by atoms with Crippen molar-refractivity contribution < 1.29 is 19.4 Å². The fourth-order valence-corrected chi connectivity index (χ4v) is 1.17. The Morgan fingerprint density at radius 2 is 2.06 bits per heavy atom. The van der Waals surface area contributed by atoms with E-state index >= 15 is 0 Å². The van der Waals surface area contributed by atoms with Crippen molar-refractivity contribution in [2.45, 2.75) is 20.3 Å². The van der Waals surface area contributed by atoms with Crippen LogP contribution in [0.1, 0.15) is 20.3 Å². The van der Waals surface area contributed by atoms with Crippen LogP contribution in [0.3, 0.4) is 0 Å². The summed E-state index contributed by atoms with van der Waals surface area (Å²) in [5.41, 5.74) is 0.923. The van der Waals surface area contributed by atoms with Gasteiger partial charge in [-0.05, 0) is 13.3 Å². The maximum atomic E-state index is 11.3. The van der Waals surface area contributed by atoms with Gasteiger partial charge in [0, 0.05) is 13.1 Å². The van der Waals surface area contributed by atoms with Crippen molar-refractivity contribution in [1.82, 2.24) is 10.6 Å². The van der Waals surface area contributed by atoms with Crippen molar-refractivity contribution in [2.75, 3.05) is 26.3 Å². The average Bonchev–Trinajstić information content (AvgIpc) is 2.28. The number of carboxylic acid groups (broad SMARTS) is 1. The number of rotatable bonds is 9. The molecule has 1 unspecified atom stereocenters. The number of hydrogen-bond donors (Lipinski definition) is 3. The summed E-state index contributed by atoms with van der Waals surface area (Å²) in [5.74, 6) is -1.45. The van der Waals surface area contributed by atoms with Gasteiger partial charge in [0.1, 0.15) is 0 Å². The first-order chi connectivity index (χ1) is 8.47. The molecule has 0 aromatic rings. The van der Waals surface area contributed by atoms with E-state index in [1.54, 1.807) is 6.92 Å². The highest BCUT2D eigenvalue weighted by Gasteiger charge is 2.15. The van der Waals surface area contributed by atoms with Crippen molar-refractivity contribution >= 4 is 12.0 Å². The molecule has 0 saturated carbocycles. The summed E-state index contributed by atoms with van der Waals surface area (Å²) in [5, 5.41) is 13.9. The Bertz CT molecular complexity index is 292. The summed E-state index contributed by atoms with van der Waals surface area (Å²) in [4.78, 5) is 22.0. The highest BCUT2D eigenvalue weighted by atomic mass is 16.5. The second-order valence-electron chi connectivity index (χ2n) is 4.09. The number of hydrogen-bond acceptors (Lipinski definition) is 3. The predicted molar refractivity (Wildman–Crippen MR) is 68.5 cm³/mol. The van der Waals surface area contributed by atoms with E-state index in [1.165, 1.54) is 0 Å². The molecular weight excluding hydrogens is 236 g/mol. The summed E-state index contributed by atoms with van der Waals surface area (Å²) >= 11 is 0. The molecule has 1 atom stereocenters. The number of aliphatic carboxylic acids is 1. The highest BCUT2D eigenvalue weighted by Crippen LogP contribution is 1.99. The number of carbonyl (C=O) groups is 2. The van der Waals surface area contributed by atoms with E-state index < -0.39 is 11.9 Å². The Balaban J connectivity index is 3.59. The second kappa shape index (κ2) is 9.47. The standard InChI is InChI=1S/C12H22N2O4/c1-4-10(11(15)16)7-14-12(17)13-5-6-18-8-9(2)3/h10H,2,4-8H2,1,3H3,(H,15,16)(H2,13,14,17). The zero-order valence-electron chi connectivity index (χ0n) is 11.0. The lowest BCUT2D eigenvalue weighted by atomic mass is 10.1. The van der Waals surface area contributed by atoms with Crippen LogP contribution in [0.4, 0.5) is 4.79 Å². The summed E-state index contributed by atoms with van der Waals surface area (Å²) in [6.45, 7) is 8.69. The Morgan fingerprint density at radius 1 is 1.39 bits per heavy atom. The van der Waals surface area contributed by atoms with Crippen LogP contribution in [0.25, 0.3) is 0 Å².